The van der Waals surface area contributed by atoms with Gasteiger partial charge in [-0.2, -0.15) is 0 Å². The van der Waals surface area contributed by atoms with Gasteiger partial charge in [-0.15, -0.1) is 0 Å². The molecule has 1 aliphatic heterocycles. The van der Waals surface area contributed by atoms with Crippen LogP contribution < -0.4 is 0 Å². The summed E-state index contributed by atoms with van der Waals surface area (Å²) in [4.78, 5) is 23.4. The normalized spacial score (nSPS) is 19.6. The van der Waals surface area contributed by atoms with E-state index in [1.54, 1.807) is 0 Å². The predicted octanol–water partition coefficient (Wildman–Crippen LogP) is 1.09. The average Bonchev–Trinajstić information content (AvgIpc) is 2.62. The number of ether oxygens (including phenoxy) is 1. The molecule has 0 saturated carbocycles. The lowest BCUT2D eigenvalue weighted by atomic mass is 10.2. The summed E-state index contributed by atoms with van der Waals surface area (Å²) in [6.45, 7) is 0.479. The summed E-state index contributed by atoms with van der Waals surface area (Å²) in [6, 6.07) is 9.37. The maximum Gasteiger partial charge on any atom is 0.411 e. The number of cyclic esters (lactones) is 1. The maximum absolute atomic E-state index is 11.3. The number of carbonyl (C=O) groups excluding carboxylic acids is 1. The van der Waals surface area contributed by atoms with Crippen molar-refractivity contribution in [1.29, 1.82) is 0 Å². The Kier molecular flexibility index (Phi) is 2.76. The molecule has 1 aliphatic rings. The van der Waals surface area contributed by atoms with Gasteiger partial charge in [0.15, 0.2) is 0 Å². The van der Waals surface area contributed by atoms with E-state index in [4.69, 9.17) is 9.84 Å². The van der Waals surface area contributed by atoms with Crippen LogP contribution in [0.2, 0.25) is 0 Å². The first-order valence-corrected chi connectivity index (χ1v) is 4.89. The lowest BCUT2D eigenvalue weighted by Gasteiger charge is -2.11. The summed E-state index contributed by atoms with van der Waals surface area (Å²) in [6.07, 6.45) is -1.62. The van der Waals surface area contributed by atoms with E-state index in [0.717, 1.165) is 5.56 Å². The highest BCUT2D eigenvalue weighted by Gasteiger charge is 2.35. The molecule has 5 heteroatoms. The number of hydrogen-bond acceptors (Lipinski definition) is 3. The Morgan fingerprint density at radius 3 is 2.69 bits per heavy atom. The number of amides is 1. The van der Waals surface area contributed by atoms with Crippen molar-refractivity contribution >= 4 is 12.1 Å². The molecular formula is C11H11NO4. The number of hydrogen-bond donors (Lipinski definition) is 1. The van der Waals surface area contributed by atoms with Gasteiger partial charge < -0.3 is 9.84 Å². The number of benzene rings is 1. The highest BCUT2D eigenvalue weighted by atomic mass is 16.6. The quantitative estimate of drug-likeness (QED) is 0.829. The van der Waals surface area contributed by atoms with E-state index in [1.165, 1.54) is 4.90 Å². The summed E-state index contributed by atoms with van der Waals surface area (Å²) in [5.74, 6) is -1.11. The zero-order valence-electron chi connectivity index (χ0n) is 8.50. The van der Waals surface area contributed by atoms with Crippen molar-refractivity contribution in [3.05, 3.63) is 35.9 Å². The van der Waals surface area contributed by atoms with E-state index < -0.39 is 18.2 Å². The van der Waals surface area contributed by atoms with Crippen LogP contribution in [0.15, 0.2) is 30.3 Å². The Morgan fingerprint density at radius 2 is 2.12 bits per heavy atom. The fourth-order valence-electron chi connectivity index (χ4n) is 1.57. The SMILES string of the molecule is O=C(O)C1CN(Cc2ccccc2)C(=O)O1. The topological polar surface area (TPSA) is 66.8 Å². The lowest BCUT2D eigenvalue weighted by Crippen LogP contribution is -2.27. The summed E-state index contributed by atoms with van der Waals surface area (Å²) in [5.41, 5.74) is 0.950. The third kappa shape index (κ3) is 2.13. The summed E-state index contributed by atoms with van der Waals surface area (Å²) in [5, 5.41) is 8.71. The van der Waals surface area contributed by atoms with Gasteiger partial charge in [0.25, 0.3) is 0 Å². The second-order valence-corrected chi connectivity index (χ2v) is 3.58. The third-order valence-corrected chi connectivity index (χ3v) is 2.38. The van der Waals surface area contributed by atoms with E-state index in [9.17, 15) is 9.59 Å². The molecule has 1 saturated heterocycles. The van der Waals surface area contributed by atoms with E-state index in [2.05, 4.69) is 0 Å². The molecule has 1 aromatic carbocycles. The number of nitrogens with zero attached hydrogens (tertiary/aromatic N) is 1. The minimum atomic E-state index is -1.11. The van der Waals surface area contributed by atoms with Gasteiger partial charge >= 0.3 is 12.1 Å². The third-order valence-electron chi connectivity index (χ3n) is 2.38. The molecule has 1 fully saturated rings. The van der Waals surface area contributed by atoms with Crippen LogP contribution in [0.1, 0.15) is 5.56 Å². The molecule has 16 heavy (non-hydrogen) atoms. The first-order chi connectivity index (χ1) is 7.66. The van der Waals surface area contributed by atoms with Crippen molar-refractivity contribution in [3.8, 4) is 0 Å². The summed E-state index contributed by atoms with van der Waals surface area (Å²) >= 11 is 0. The molecule has 0 radical (unpaired) electrons. The summed E-state index contributed by atoms with van der Waals surface area (Å²) < 4.78 is 4.70. The van der Waals surface area contributed by atoms with Crippen LogP contribution in [-0.2, 0) is 16.1 Å². The van der Waals surface area contributed by atoms with Gasteiger partial charge in [0.05, 0.1) is 6.54 Å². The Hall–Kier alpha value is -2.04. The first kappa shape index (κ1) is 10.5. The Bertz CT molecular complexity index is 404. The fraction of sp³-hybridized carbons (Fsp3) is 0.273. The molecule has 1 aromatic rings. The molecule has 1 N–H and O–H groups in total. The largest absolute Gasteiger partial charge is 0.478 e. The minimum absolute atomic E-state index is 0.100. The Labute approximate surface area is 92.2 Å². The fourth-order valence-corrected chi connectivity index (χ4v) is 1.57. The monoisotopic (exact) mass is 221 g/mol. The van der Waals surface area contributed by atoms with Gasteiger partial charge in [0, 0.05) is 6.54 Å². The van der Waals surface area contributed by atoms with Crippen LogP contribution >= 0.6 is 0 Å². The molecule has 0 bridgehead atoms. The molecule has 1 atom stereocenters. The molecular weight excluding hydrogens is 210 g/mol. The first-order valence-electron chi connectivity index (χ1n) is 4.89. The highest BCUT2D eigenvalue weighted by molar-refractivity contribution is 5.81. The average molecular weight is 221 g/mol. The van der Waals surface area contributed by atoms with E-state index in [1.807, 2.05) is 30.3 Å². The van der Waals surface area contributed by atoms with Crippen molar-refractivity contribution in [3.63, 3.8) is 0 Å². The second kappa shape index (κ2) is 4.22. The van der Waals surface area contributed by atoms with Crippen LogP contribution in [0.3, 0.4) is 0 Å². The van der Waals surface area contributed by atoms with Crippen molar-refractivity contribution in [2.24, 2.45) is 0 Å². The zero-order valence-corrected chi connectivity index (χ0v) is 8.50. The van der Waals surface area contributed by atoms with Gasteiger partial charge in [-0.3, -0.25) is 4.90 Å². The molecule has 5 nitrogen and oxygen atoms in total. The van der Waals surface area contributed by atoms with Gasteiger partial charge in [-0.25, -0.2) is 9.59 Å². The summed E-state index contributed by atoms with van der Waals surface area (Å²) in [7, 11) is 0. The van der Waals surface area contributed by atoms with E-state index in [-0.39, 0.29) is 6.54 Å². The van der Waals surface area contributed by atoms with Crippen molar-refractivity contribution in [2.45, 2.75) is 12.6 Å². The number of carboxylic acid groups (broad SMARTS) is 1. The number of carboxylic acids is 1. The Balaban J connectivity index is 2.02. The van der Waals surface area contributed by atoms with E-state index in [0.29, 0.717) is 6.54 Å². The molecule has 1 amide bonds. The number of carbonyl (C=O) groups is 2. The number of rotatable bonds is 3. The molecule has 84 valence electrons. The molecule has 1 unspecified atom stereocenters. The van der Waals surface area contributed by atoms with Crippen LogP contribution in [-0.4, -0.2) is 34.7 Å². The van der Waals surface area contributed by atoms with Gasteiger partial charge in [-0.05, 0) is 5.56 Å². The predicted molar refractivity (Wildman–Crippen MR) is 54.8 cm³/mol. The molecule has 0 aromatic heterocycles. The standard InChI is InChI=1S/C11H11NO4/c13-10(14)9-7-12(11(15)16-9)6-8-4-2-1-3-5-8/h1-5,9H,6-7H2,(H,13,14). The Morgan fingerprint density at radius 1 is 1.44 bits per heavy atom. The highest BCUT2D eigenvalue weighted by Crippen LogP contribution is 2.14. The smallest absolute Gasteiger partial charge is 0.411 e. The second-order valence-electron chi connectivity index (χ2n) is 3.58. The van der Waals surface area contributed by atoms with Crippen LogP contribution in [0.5, 0.6) is 0 Å². The molecule has 0 spiro atoms. The van der Waals surface area contributed by atoms with Gasteiger partial charge in [-0.1, -0.05) is 30.3 Å². The van der Waals surface area contributed by atoms with Crippen molar-refractivity contribution < 1.29 is 19.4 Å². The minimum Gasteiger partial charge on any atom is -0.478 e. The van der Waals surface area contributed by atoms with Crippen molar-refractivity contribution in [1.82, 2.24) is 4.90 Å². The maximum atomic E-state index is 11.3. The van der Waals surface area contributed by atoms with Gasteiger partial charge in [0.2, 0.25) is 6.10 Å². The molecule has 0 aliphatic carbocycles. The van der Waals surface area contributed by atoms with Crippen molar-refractivity contribution in [2.75, 3.05) is 6.54 Å². The van der Waals surface area contributed by atoms with Crippen LogP contribution in [0.4, 0.5) is 4.79 Å². The van der Waals surface area contributed by atoms with Crippen LogP contribution in [0.25, 0.3) is 0 Å². The van der Waals surface area contributed by atoms with E-state index >= 15 is 0 Å². The molecule has 1 heterocycles. The zero-order chi connectivity index (χ0) is 11.5. The van der Waals surface area contributed by atoms with Gasteiger partial charge in [0.1, 0.15) is 0 Å². The lowest BCUT2D eigenvalue weighted by molar-refractivity contribution is -0.144. The molecule has 2 rings (SSSR count). The van der Waals surface area contributed by atoms with Crippen LogP contribution in [0, 0.1) is 0 Å². The number of aliphatic carboxylic acids is 1.